The lowest BCUT2D eigenvalue weighted by Gasteiger charge is -2.29. The number of hydrogen-bond acceptors (Lipinski definition) is 3. The van der Waals surface area contributed by atoms with E-state index in [2.05, 4.69) is 0 Å². The minimum absolute atomic E-state index is 0.112. The summed E-state index contributed by atoms with van der Waals surface area (Å²) >= 11 is 0. The van der Waals surface area contributed by atoms with Gasteiger partial charge in [-0.3, -0.25) is 9.59 Å². The lowest BCUT2D eigenvalue weighted by Crippen LogP contribution is -2.36. The first-order valence-corrected chi connectivity index (χ1v) is 4.90. The van der Waals surface area contributed by atoms with E-state index in [1.165, 1.54) is 0 Å². The van der Waals surface area contributed by atoms with E-state index in [0.29, 0.717) is 11.8 Å². The minimum atomic E-state index is -0.458. The molecule has 3 aliphatic rings. The van der Waals surface area contributed by atoms with Gasteiger partial charge in [-0.2, -0.15) is 0 Å². The standard InChI is InChI=1S/C10H12O3/c1-10-6-3-2-5(4-6)7(10)8(11)13-9(10)12/h5-7H,2-4H2,1H3. The Bertz CT molecular complexity index is 309. The molecule has 1 aliphatic heterocycles. The van der Waals surface area contributed by atoms with E-state index >= 15 is 0 Å². The summed E-state index contributed by atoms with van der Waals surface area (Å²) in [4.78, 5) is 23.0. The zero-order valence-electron chi connectivity index (χ0n) is 7.58. The molecule has 3 nitrogen and oxygen atoms in total. The third-order valence-electron chi connectivity index (χ3n) is 4.33. The number of fused-ring (bicyclic) bond motifs is 5. The van der Waals surface area contributed by atoms with E-state index in [-0.39, 0.29) is 17.9 Å². The number of hydrogen-bond donors (Lipinski definition) is 0. The average Bonchev–Trinajstić information content (AvgIpc) is 2.66. The van der Waals surface area contributed by atoms with E-state index in [1.807, 2.05) is 6.92 Å². The van der Waals surface area contributed by atoms with Crippen molar-refractivity contribution >= 4 is 11.9 Å². The zero-order chi connectivity index (χ0) is 9.22. The lowest BCUT2D eigenvalue weighted by molar-refractivity contribution is -0.156. The maximum atomic E-state index is 11.5. The Kier molecular flexibility index (Phi) is 1.14. The van der Waals surface area contributed by atoms with Gasteiger partial charge in [0, 0.05) is 0 Å². The van der Waals surface area contributed by atoms with Gasteiger partial charge in [-0.1, -0.05) is 0 Å². The third-order valence-corrected chi connectivity index (χ3v) is 4.33. The van der Waals surface area contributed by atoms with Crippen molar-refractivity contribution in [3.05, 3.63) is 0 Å². The van der Waals surface area contributed by atoms with Crippen molar-refractivity contribution in [2.24, 2.45) is 23.2 Å². The van der Waals surface area contributed by atoms with Crippen LogP contribution in [-0.2, 0) is 14.3 Å². The topological polar surface area (TPSA) is 43.4 Å². The van der Waals surface area contributed by atoms with Crippen LogP contribution in [0.25, 0.3) is 0 Å². The molecule has 70 valence electrons. The average molecular weight is 180 g/mol. The highest BCUT2D eigenvalue weighted by Gasteiger charge is 2.67. The molecular formula is C10H12O3. The molecule has 0 N–H and O–H groups in total. The summed E-state index contributed by atoms with van der Waals surface area (Å²) in [5.41, 5.74) is -0.458. The molecule has 0 aromatic heterocycles. The van der Waals surface area contributed by atoms with Gasteiger partial charge in [0.25, 0.3) is 0 Å². The molecule has 0 aromatic rings. The Morgan fingerprint density at radius 2 is 2.15 bits per heavy atom. The fourth-order valence-electron chi connectivity index (χ4n) is 3.60. The smallest absolute Gasteiger partial charge is 0.320 e. The van der Waals surface area contributed by atoms with Crippen LogP contribution in [0.5, 0.6) is 0 Å². The number of carbonyl (C=O) groups excluding carboxylic acids is 2. The molecular weight excluding hydrogens is 168 g/mol. The first-order chi connectivity index (χ1) is 6.14. The van der Waals surface area contributed by atoms with Crippen LogP contribution in [0.1, 0.15) is 26.2 Å². The molecule has 0 radical (unpaired) electrons. The molecule has 1 heterocycles. The number of cyclic esters (lactones) is 2. The summed E-state index contributed by atoms with van der Waals surface area (Å²) < 4.78 is 4.73. The van der Waals surface area contributed by atoms with Crippen molar-refractivity contribution in [1.82, 2.24) is 0 Å². The fraction of sp³-hybridized carbons (Fsp3) is 0.800. The van der Waals surface area contributed by atoms with Crippen molar-refractivity contribution in [2.45, 2.75) is 26.2 Å². The largest absolute Gasteiger partial charge is 0.392 e. The highest BCUT2D eigenvalue weighted by Crippen LogP contribution is 2.62. The molecule has 13 heavy (non-hydrogen) atoms. The quantitative estimate of drug-likeness (QED) is 0.414. The van der Waals surface area contributed by atoms with Gasteiger partial charge in [0.15, 0.2) is 0 Å². The first-order valence-electron chi connectivity index (χ1n) is 4.90. The van der Waals surface area contributed by atoms with Crippen molar-refractivity contribution in [1.29, 1.82) is 0 Å². The summed E-state index contributed by atoms with van der Waals surface area (Å²) in [6.45, 7) is 1.91. The number of esters is 2. The summed E-state index contributed by atoms with van der Waals surface area (Å²) in [5.74, 6) is 0.184. The predicted octanol–water partition coefficient (Wildman–Crippen LogP) is 1.12. The summed E-state index contributed by atoms with van der Waals surface area (Å²) in [6, 6.07) is 0. The number of rotatable bonds is 0. The van der Waals surface area contributed by atoms with Gasteiger partial charge in [-0.25, -0.2) is 0 Å². The molecule has 0 aromatic carbocycles. The predicted molar refractivity (Wildman–Crippen MR) is 43.5 cm³/mol. The monoisotopic (exact) mass is 180 g/mol. The zero-order valence-corrected chi connectivity index (χ0v) is 7.58. The van der Waals surface area contributed by atoms with E-state index in [4.69, 9.17) is 4.74 Å². The van der Waals surface area contributed by atoms with Crippen LogP contribution in [0, 0.1) is 23.2 Å². The van der Waals surface area contributed by atoms with Crippen LogP contribution in [0.3, 0.4) is 0 Å². The summed E-state index contributed by atoms with van der Waals surface area (Å²) in [7, 11) is 0. The van der Waals surface area contributed by atoms with Crippen LogP contribution in [0.2, 0.25) is 0 Å². The molecule has 1 saturated heterocycles. The minimum Gasteiger partial charge on any atom is -0.392 e. The van der Waals surface area contributed by atoms with Crippen LogP contribution in [0.15, 0.2) is 0 Å². The van der Waals surface area contributed by atoms with Crippen molar-refractivity contribution in [3.8, 4) is 0 Å². The van der Waals surface area contributed by atoms with E-state index in [1.54, 1.807) is 0 Å². The number of carbonyl (C=O) groups is 2. The Labute approximate surface area is 76.4 Å². The van der Waals surface area contributed by atoms with Crippen molar-refractivity contribution < 1.29 is 14.3 Å². The van der Waals surface area contributed by atoms with Crippen LogP contribution < -0.4 is 0 Å². The second-order valence-electron chi connectivity index (χ2n) is 4.74. The van der Waals surface area contributed by atoms with Gasteiger partial charge in [-0.15, -0.1) is 0 Å². The normalized spacial score (nSPS) is 52.5. The van der Waals surface area contributed by atoms with Gasteiger partial charge in [-0.05, 0) is 38.0 Å². The van der Waals surface area contributed by atoms with E-state index in [9.17, 15) is 9.59 Å². The highest BCUT2D eigenvalue weighted by molar-refractivity contribution is 6.00. The SMILES string of the molecule is CC12C(=O)OC(=O)C1C1CCC2C1. The maximum absolute atomic E-state index is 11.5. The second-order valence-corrected chi connectivity index (χ2v) is 4.74. The molecule has 3 fully saturated rings. The molecule has 0 amide bonds. The third kappa shape index (κ3) is 0.640. The van der Waals surface area contributed by atoms with Gasteiger partial charge < -0.3 is 4.74 Å². The van der Waals surface area contributed by atoms with Crippen LogP contribution in [0.4, 0.5) is 0 Å². The van der Waals surface area contributed by atoms with Crippen LogP contribution >= 0.6 is 0 Å². The second kappa shape index (κ2) is 1.97. The number of ether oxygens (including phenoxy) is 1. The lowest BCUT2D eigenvalue weighted by atomic mass is 9.69. The van der Waals surface area contributed by atoms with Crippen LogP contribution in [-0.4, -0.2) is 11.9 Å². The highest BCUT2D eigenvalue weighted by atomic mass is 16.6. The van der Waals surface area contributed by atoms with Crippen molar-refractivity contribution in [3.63, 3.8) is 0 Å². The molecule has 4 atom stereocenters. The first kappa shape index (κ1) is 7.54. The van der Waals surface area contributed by atoms with Gasteiger partial charge in [0.1, 0.15) is 0 Å². The molecule has 4 unspecified atom stereocenters. The summed E-state index contributed by atoms with van der Waals surface area (Å²) in [6.07, 6.45) is 3.26. The Morgan fingerprint density at radius 1 is 1.38 bits per heavy atom. The van der Waals surface area contributed by atoms with Gasteiger partial charge >= 0.3 is 11.9 Å². The molecule has 2 bridgehead atoms. The fourth-order valence-corrected chi connectivity index (χ4v) is 3.60. The van der Waals surface area contributed by atoms with Gasteiger partial charge in [0.2, 0.25) is 0 Å². The van der Waals surface area contributed by atoms with Crippen molar-refractivity contribution in [2.75, 3.05) is 0 Å². The maximum Gasteiger partial charge on any atom is 0.320 e. The molecule has 3 heteroatoms. The van der Waals surface area contributed by atoms with E-state index in [0.717, 1.165) is 19.3 Å². The molecule has 2 aliphatic carbocycles. The molecule has 3 rings (SSSR count). The van der Waals surface area contributed by atoms with Gasteiger partial charge in [0.05, 0.1) is 11.3 Å². The Balaban J connectivity index is 2.12. The summed E-state index contributed by atoms with van der Waals surface area (Å²) in [5, 5.41) is 0. The molecule has 0 spiro atoms. The molecule has 2 saturated carbocycles. The Hall–Kier alpha value is -0.860. The van der Waals surface area contributed by atoms with E-state index < -0.39 is 5.41 Å². The Morgan fingerprint density at radius 3 is 2.85 bits per heavy atom.